The predicted octanol–water partition coefficient (Wildman–Crippen LogP) is 5.13. The maximum atomic E-state index is 14.6. The van der Waals surface area contributed by atoms with Gasteiger partial charge in [0, 0.05) is 43.7 Å². The highest BCUT2D eigenvalue weighted by Gasteiger charge is 2.59. The first-order valence-electron chi connectivity index (χ1n) is 17.8. The molecule has 1 saturated carbocycles. The Balaban J connectivity index is 1.11. The average molecular weight is 765 g/mol. The average Bonchev–Trinajstić information content (AvgIpc) is 3.49. The molecule has 5 aliphatic heterocycles. The van der Waals surface area contributed by atoms with E-state index in [1.54, 1.807) is 0 Å². The maximum absolute atomic E-state index is 14.6. The smallest absolute Gasteiger partial charge is 0.318 e. The summed E-state index contributed by atoms with van der Waals surface area (Å²) in [5, 5.41) is 5.30. The summed E-state index contributed by atoms with van der Waals surface area (Å²) in [4.78, 5) is 15.0. The standard InChI is InChI=1S/C34H46FIN6O5/c1-32(47-24-8-3-5-15-45-24)19-40(13-16-43-20-32)30-25-27-26(29(36)42(39-27)23-7-2-4-14-44-23)34(10-11-34)28(25)37-31(38-30)46-21-33-9-6-12-41(33)18-22(35)17-33/h22-24H,2-21H2,1H3/t22-,23?,24?,32+,33+/m1/s1. The number of alkyl halides is 1. The highest BCUT2D eigenvalue weighted by atomic mass is 127. The fourth-order valence-electron chi connectivity index (χ4n) is 9.15. The van der Waals surface area contributed by atoms with Crippen LogP contribution < -0.4 is 9.64 Å². The molecule has 0 bridgehead atoms. The first kappa shape index (κ1) is 31.3. The van der Waals surface area contributed by atoms with Gasteiger partial charge >= 0.3 is 6.01 Å². The second-order valence-electron chi connectivity index (χ2n) is 15.1. The second-order valence-corrected chi connectivity index (χ2v) is 16.1. The van der Waals surface area contributed by atoms with Crippen molar-refractivity contribution in [3.05, 3.63) is 15.0 Å². The molecule has 0 amide bonds. The van der Waals surface area contributed by atoms with Crippen molar-refractivity contribution in [3.8, 4) is 17.3 Å². The Morgan fingerprint density at radius 2 is 1.85 bits per heavy atom. The summed E-state index contributed by atoms with van der Waals surface area (Å²) in [6.45, 7) is 7.69. The van der Waals surface area contributed by atoms with Crippen LogP contribution in [0.1, 0.15) is 95.0 Å². The van der Waals surface area contributed by atoms with Gasteiger partial charge in [-0.3, -0.25) is 4.90 Å². The van der Waals surface area contributed by atoms with E-state index >= 15 is 0 Å². The summed E-state index contributed by atoms with van der Waals surface area (Å²) in [6.07, 6.45) is 9.72. The van der Waals surface area contributed by atoms with Gasteiger partial charge in [-0.1, -0.05) is 0 Å². The highest BCUT2D eigenvalue weighted by molar-refractivity contribution is 14.1. The van der Waals surface area contributed by atoms with Crippen molar-refractivity contribution >= 4 is 28.4 Å². The molecular weight excluding hydrogens is 718 g/mol. The Morgan fingerprint density at radius 1 is 1.00 bits per heavy atom. The van der Waals surface area contributed by atoms with E-state index in [4.69, 9.17) is 38.8 Å². The van der Waals surface area contributed by atoms with Crippen LogP contribution in [0.15, 0.2) is 0 Å². The van der Waals surface area contributed by atoms with E-state index in [0.29, 0.717) is 51.9 Å². The lowest BCUT2D eigenvalue weighted by molar-refractivity contribution is -0.227. The fraction of sp³-hybridized carbons (Fsp3) is 0.794. The summed E-state index contributed by atoms with van der Waals surface area (Å²) in [6, 6.07) is 0.376. The third-order valence-corrected chi connectivity index (χ3v) is 12.6. The number of hydrogen-bond donors (Lipinski definition) is 0. The molecule has 7 aliphatic rings. The molecule has 2 aromatic rings. The molecule has 47 heavy (non-hydrogen) atoms. The molecule has 13 heteroatoms. The van der Waals surface area contributed by atoms with Gasteiger partial charge in [-0.2, -0.15) is 15.1 Å². The maximum Gasteiger partial charge on any atom is 0.318 e. The van der Waals surface area contributed by atoms with Gasteiger partial charge in [0.1, 0.15) is 33.6 Å². The molecule has 1 spiro atoms. The topological polar surface area (TPSA) is 96.2 Å². The van der Waals surface area contributed by atoms with Crippen molar-refractivity contribution in [2.45, 2.75) is 113 Å². The van der Waals surface area contributed by atoms with E-state index < -0.39 is 11.8 Å². The van der Waals surface area contributed by atoms with Crippen LogP contribution in [0.5, 0.6) is 6.01 Å². The fourth-order valence-corrected chi connectivity index (χ4v) is 10.3. The minimum atomic E-state index is -0.810. The number of aromatic nitrogens is 4. The number of hydrogen-bond acceptors (Lipinski definition) is 10. The Kier molecular flexibility index (Phi) is 8.00. The quantitative estimate of drug-likeness (QED) is 0.354. The molecule has 9 rings (SSSR count). The van der Waals surface area contributed by atoms with Crippen LogP contribution in [0.3, 0.4) is 0 Å². The monoisotopic (exact) mass is 764 g/mol. The van der Waals surface area contributed by atoms with Crippen LogP contribution in [0.2, 0.25) is 0 Å². The molecule has 11 nitrogen and oxygen atoms in total. The molecule has 2 aliphatic carbocycles. The number of ether oxygens (including phenoxy) is 5. The molecule has 2 aromatic heterocycles. The van der Waals surface area contributed by atoms with Crippen molar-refractivity contribution < 1.29 is 28.1 Å². The summed E-state index contributed by atoms with van der Waals surface area (Å²) in [7, 11) is 0. The molecule has 5 saturated heterocycles. The third kappa shape index (κ3) is 5.40. The Hall–Kier alpha value is -1.65. The summed E-state index contributed by atoms with van der Waals surface area (Å²) >= 11 is 2.48. The van der Waals surface area contributed by atoms with Crippen molar-refractivity contribution in [1.29, 1.82) is 0 Å². The SMILES string of the molecule is C[C@@]1(OC2CCCCO2)COCCN(c2nc(OC[C@@]34CCCN3C[C@H](F)C4)nc3c2-c2nn(C4CCCCO4)c(I)c2C32CC2)C1. The molecule has 256 valence electrons. The highest BCUT2D eigenvalue weighted by Crippen LogP contribution is 2.64. The normalized spacial score (nSPS) is 34.7. The third-order valence-electron chi connectivity index (χ3n) is 11.6. The predicted molar refractivity (Wildman–Crippen MR) is 179 cm³/mol. The summed E-state index contributed by atoms with van der Waals surface area (Å²) < 4.78 is 49.5. The Labute approximate surface area is 289 Å². The molecule has 7 heterocycles. The Morgan fingerprint density at radius 3 is 2.64 bits per heavy atom. The van der Waals surface area contributed by atoms with Crippen LogP contribution in [0, 0.1) is 3.70 Å². The van der Waals surface area contributed by atoms with Gasteiger partial charge in [-0.15, -0.1) is 0 Å². The first-order chi connectivity index (χ1) is 22.9. The van der Waals surface area contributed by atoms with Crippen LogP contribution in [0.25, 0.3) is 11.3 Å². The van der Waals surface area contributed by atoms with Crippen LogP contribution in [-0.2, 0) is 24.4 Å². The van der Waals surface area contributed by atoms with Crippen molar-refractivity contribution in [3.63, 3.8) is 0 Å². The van der Waals surface area contributed by atoms with Crippen molar-refractivity contribution in [2.24, 2.45) is 0 Å². The number of nitrogens with zero attached hydrogens (tertiary/aromatic N) is 6. The molecule has 0 N–H and O–H groups in total. The van der Waals surface area contributed by atoms with E-state index in [1.165, 1.54) is 5.56 Å². The zero-order chi connectivity index (χ0) is 31.8. The molecule has 0 radical (unpaired) electrons. The van der Waals surface area contributed by atoms with Gasteiger partial charge in [0.2, 0.25) is 0 Å². The zero-order valence-corrected chi connectivity index (χ0v) is 29.5. The molecule has 5 atom stereocenters. The van der Waals surface area contributed by atoms with Crippen molar-refractivity contribution in [2.75, 3.05) is 64.1 Å². The van der Waals surface area contributed by atoms with E-state index in [2.05, 4.69) is 44.0 Å². The minimum Gasteiger partial charge on any atom is -0.461 e. The Bertz CT molecular complexity index is 1510. The number of fused-ring (bicyclic) bond motifs is 6. The minimum absolute atomic E-state index is 0.0504. The van der Waals surface area contributed by atoms with Crippen LogP contribution in [-0.4, -0.2) is 107 Å². The van der Waals surface area contributed by atoms with Gasteiger partial charge in [0.25, 0.3) is 0 Å². The van der Waals surface area contributed by atoms with E-state index in [9.17, 15) is 4.39 Å². The van der Waals surface area contributed by atoms with Gasteiger partial charge in [-0.25, -0.2) is 9.07 Å². The second kappa shape index (κ2) is 12.0. The lowest BCUT2D eigenvalue weighted by Crippen LogP contribution is -2.48. The first-order valence-corrected chi connectivity index (χ1v) is 18.9. The molecule has 2 unspecified atom stereocenters. The molecule has 0 aromatic carbocycles. The van der Waals surface area contributed by atoms with Gasteiger partial charge in [-0.05, 0) is 100 Å². The van der Waals surface area contributed by atoms with Gasteiger partial charge in [0.05, 0.1) is 36.6 Å². The number of anilines is 1. The van der Waals surface area contributed by atoms with Crippen LogP contribution in [0.4, 0.5) is 10.2 Å². The van der Waals surface area contributed by atoms with E-state index in [-0.39, 0.29) is 23.5 Å². The van der Waals surface area contributed by atoms with Crippen LogP contribution >= 0.6 is 22.6 Å². The van der Waals surface area contributed by atoms with Gasteiger partial charge in [0.15, 0.2) is 12.5 Å². The summed E-state index contributed by atoms with van der Waals surface area (Å²) in [5.41, 5.74) is 3.18. The van der Waals surface area contributed by atoms with E-state index in [0.717, 1.165) is 110 Å². The lowest BCUT2D eigenvalue weighted by atomic mass is 9.95. The van der Waals surface area contributed by atoms with Crippen molar-refractivity contribution in [1.82, 2.24) is 24.6 Å². The number of rotatable bonds is 7. The van der Waals surface area contributed by atoms with E-state index in [1.807, 2.05) is 0 Å². The molecule has 6 fully saturated rings. The number of halogens is 2. The lowest BCUT2D eigenvalue weighted by Gasteiger charge is -2.37. The summed E-state index contributed by atoms with van der Waals surface area (Å²) in [5.74, 6) is 0.820. The largest absolute Gasteiger partial charge is 0.461 e. The molecular formula is C34H46FIN6O5. The zero-order valence-electron chi connectivity index (χ0n) is 27.4. The van der Waals surface area contributed by atoms with Gasteiger partial charge < -0.3 is 28.6 Å².